The average molecular weight is 385 g/mol. The van der Waals surface area contributed by atoms with Gasteiger partial charge in [-0.25, -0.2) is 9.18 Å². The first-order valence-corrected chi connectivity index (χ1v) is 9.65. The molecule has 1 saturated heterocycles. The zero-order chi connectivity index (χ0) is 20.5. The Balaban J connectivity index is 1.73. The molecule has 0 unspecified atom stereocenters. The normalized spacial score (nSPS) is 16.7. The number of hydrogen-bond donors (Lipinski definition) is 1. The van der Waals surface area contributed by atoms with Gasteiger partial charge < -0.3 is 14.7 Å². The van der Waals surface area contributed by atoms with Crippen molar-refractivity contribution in [2.45, 2.75) is 51.7 Å². The maximum absolute atomic E-state index is 13.1. The molecule has 1 N–H and O–H groups in total. The van der Waals surface area contributed by atoms with E-state index in [-0.39, 0.29) is 11.9 Å². The predicted molar refractivity (Wildman–Crippen MR) is 108 cm³/mol. The summed E-state index contributed by atoms with van der Waals surface area (Å²) in [4.78, 5) is 13.9. The van der Waals surface area contributed by atoms with Gasteiger partial charge in [0.2, 0.25) is 0 Å². The summed E-state index contributed by atoms with van der Waals surface area (Å²) >= 11 is 0. The Morgan fingerprint density at radius 3 is 2.18 bits per heavy atom. The number of benzene rings is 2. The van der Waals surface area contributed by atoms with E-state index < -0.39 is 11.2 Å². The van der Waals surface area contributed by atoms with Crippen LogP contribution in [0, 0.1) is 12.7 Å². The molecule has 2 aromatic rings. The van der Waals surface area contributed by atoms with E-state index in [1.54, 1.807) is 17.0 Å². The molecule has 0 atom stereocenters. The molecule has 0 radical (unpaired) electrons. The molecule has 28 heavy (non-hydrogen) atoms. The summed E-state index contributed by atoms with van der Waals surface area (Å²) in [6.07, 6.45) is 0.587. The van der Waals surface area contributed by atoms with Crippen LogP contribution >= 0.6 is 0 Å². The van der Waals surface area contributed by atoms with Crippen molar-refractivity contribution in [1.29, 1.82) is 0 Å². The second kappa shape index (κ2) is 7.55. The number of amides is 1. The molecule has 3 rings (SSSR count). The van der Waals surface area contributed by atoms with E-state index >= 15 is 0 Å². The van der Waals surface area contributed by atoms with Crippen LogP contribution in [0.25, 0.3) is 11.1 Å². The smallest absolute Gasteiger partial charge is 0.410 e. The Morgan fingerprint density at radius 2 is 1.64 bits per heavy atom. The molecule has 1 aliphatic rings. The molecule has 1 aliphatic heterocycles. The van der Waals surface area contributed by atoms with E-state index in [1.165, 1.54) is 12.1 Å². The molecular weight excluding hydrogens is 357 g/mol. The van der Waals surface area contributed by atoms with Crippen LogP contribution in [0.5, 0.6) is 0 Å². The molecule has 150 valence electrons. The first-order chi connectivity index (χ1) is 13.1. The molecule has 4 nitrogen and oxygen atoms in total. The van der Waals surface area contributed by atoms with E-state index in [1.807, 2.05) is 45.9 Å². The van der Waals surface area contributed by atoms with Crippen LogP contribution in [-0.2, 0) is 10.3 Å². The highest BCUT2D eigenvalue weighted by Gasteiger charge is 2.37. The third-order valence-electron chi connectivity index (χ3n) is 5.15. The quantitative estimate of drug-likeness (QED) is 0.790. The molecule has 0 spiro atoms. The van der Waals surface area contributed by atoms with Gasteiger partial charge in [0.1, 0.15) is 11.4 Å². The van der Waals surface area contributed by atoms with Crippen LogP contribution in [0.15, 0.2) is 42.5 Å². The monoisotopic (exact) mass is 385 g/mol. The molecule has 1 fully saturated rings. The highest BCUT2D eigenvalue weighted by molar-refractivity contribution is 5.68. The Labute approximate surface area is 165 Å². The predicted octanol–water partition coefficient (Wildman–Crippen LogP) is 5.02. The summed E-state index contributed by atoms with van der Waals surface area (Å²) in [5.41, 5.74) is 2.28. The maximum Gasteiger partial charge on any atom is 0.410 e. The van der Waals surface area contributed by atoms with Crippen molar-refractivity contribution in [3.63, 3.8) is 0 Å². The number of likely N-dealkylation sites (tertiary alicyclic amines) is 1. The van der Waals surface area contributed by atoms with Gasteiger partial charge in [-0.05, 0) is 74.9 Å². The standard InChI is InChI=1S/C23H28FNO3/c1-16-15-18(17-5-8-19(24)9-6-17)7-10-20(16)23(27)11-13-25(14-12-23)21(26)28-22(2,3)4/h5-10,15,27H,11-14H2,1-4H3. The fraction of sp³-hybridized carbons (Fsp3) is 0.435. The lowest BCUT2D eigenvalue weighted by molar-refractivity contribution is -0.0359. The number of ether oxygens (including phenoxy) is 1. The van der Waals surface area contributed by atoms with Crippen molar-refractivity contribution >= 4 is 6.09 Å². The Bertz CT molecular complexity index is 847. The summed E-state index contributed by atoms with van der Waals surface area (Å²) < 4.78 is 18.6. The number of rotatable bonds is 2. The zero-order valence-corrected chi connectivity index (χ0v) is 17.0. The minimum atomic E-state index is -0.968. The summed E-state index contributed by atoms with van der Waals surface area (Å²) in [7, 11) is 0. The number of halogens is 1. The lowest BCUT2D eigenvalue weighted by Crippen LogP contribution is -2.47. The number of nitrogens with zero attached hydrogens (tertiary/aromatic N) is 1. The van der Waals surface area contributed by atoms with Crippen LogP contribution < -0.4 is 0 Å². The van der Waals surface area contributed by atoms with Crippen LogP contribution in [0.1, 0.15) is 44.7 Å². The first kappa shape index (κ1) is 20.3. The highest BCUT2D eigenvalue weighted by atomic mass is 19.1. The second-order valence-corrected chi connectivity index (χ2v) is 8.54. The van der Waals surface area contributed by atoms with Gasteiger partial charge in [0.25, 0.3) is 0 Å². The van der Waals surface area contributed by atoms with Gasteiger partial charge in [0.05, 0.1) is 5.60 Å². The number of carbonyl (C=O) groups is 1. The van der Waals surface area contributed by atoms with E-state index in [0.29, 0.717) is 25.9 Å². The fourth-order valence-corrected chi connectivity index (χ4v) is 3.66. The summed E-state index contributed by atoms with van der Waals surface area (Å²) in [5, 5.41) is 11.2. The van der Waals surface area contributed by atoms with Crippen molar-refractivity contribution in [2.75, 3.05) is 13.1 Å². The highest BCUT2D eigenvalue weighted by Crippen LogP contribution is 2.36. The SMILES string of the molecule is Cc1cc(-c2ccc(F)cc2)ccc1C1(O)CCN(C(=O)OC(C)(C)C)CC1. The molecule has 2 aromatic carbocycles. The number of hydrogen-bond acceptors (Lipinski definition) is 3. The van der Waals surface area contributed by atoms with Crippen molar-refractivity contribution in [2.24, 2.45) is 0 Å². The van der Waals surface area contributed by atoms with Gasteiger partial charge in [0, 0.05) is 13.1 Å². The topological polar surface area (TPSA) is 49.8 Å². The maximum atomic E-state index is 13.1. The van der Waals surface area contributed by atoms with Gasteiger partial charge in [-0.2, -0.15) is 0 Å². The Hall–Kier alpha value is -2.40. The van der Waals surface area contributed by atoms with Crippen molar-refractivity contribution in [1.82, 2.24) is 4.90 Å². The fourth-order valence-electron chi connectivity index (χ4n) is 3.66. The molecule has 1 heterocycles. The van der Waals surface area contributed by atoms with Gasteiger partial charge in [-0.3, -0.25) is 0 Å². The summed E-state index contributed by atoms with van der Waals surface area (Å²) in [5.74, 6) is -0.261. The number of piperidine rings is 1. The van der Waals surface area contributed by atoms with E-state index in [0.717, 1.165) is 22.3 Å². The summed E-state index contributed by atoms with van der Waals surface area (Å²) in [6, 6.07) is 12.3. The van der Waals surface area contributed by atoms with Crippen molar-refractivity contribution < 1.29 is 19.0 Å². The third kappa shape index (κ3) is 4.53. The molecular formula is C23H28FNO3. The van der Waals surface area contributed by atoms with Gasteiger partial charge in [-0.15, -0.1) is 0 Å². The molecule has 0 saturated carbocycles. The second-order valence-electron chi connectivity index (χ2n) is 8.54. The molecule has 0 aliphatic carbocycles. The lowest BCUT2D eigenvalue weighted by atomic mass is 9.81. The number of aliphatic hydroxyl groups is 1. The van der Waals surface area contributed by atoms with E-state index in [4.69, 9.17) is 4.74 Å². The van der Waals surface area contributed by atoms with Crippen LogP contribution in [0.3, 0.4) is 0 Å². The van der Waals surface area contributed by atoms with Crippen molar-refractivity contribution in [3.05, 3.63) is 59.4 Å². The molecule has 1 amide bonds. The number of carbonyl (C=O) groups excluding carboxylic acids is 1. The van der Waals surface area contributed by atoms with Gasteiger partial charge in [-0.1, -0.05) is 30.3 Å². The molecule has 5 heteroatoms. The zero-order valence-electron chi connectivity index (χ0n) is 17.0. The molecule has 0 aromatic heterocycles. The summed E-state index contributed by atoms with van der Waals surface area (Å²) in [6.45, 7) is 8.40. The van der Waals surface area contributed by atoms with Crippen molar-refractivity contribution in [3.8, 4) is 11.1 Å². The average Bonchev–Trinajstić information content (AvgIpc) is 2.61. The minimum absolute atomic E-state index is 0.261. The van der Waals surface area contributed by atoms with Crippen LogP contribution in [0.4, 0.5) is 9.18 Å². The third-order valence-corrected chi connectivity index (χ3v) is 5.15. The van der Waals surface area contributed by atoms with Crippen LogP contribution in [0.2, 0.25) is 0 Å². The van der Waals surface area contributed by atoms with E-state index in [9.17, 15) is 14.3 Å². The Morgan fingerprint density at radius 1 is 1.07 bits per heavy atom. The first-order valence-electron chi connectivity index (χ1n) is 9.65. The Kier molecular flexibility index (Phi) is 5.48. The van der Waals surface area contributed by atoms with Gasteiger partial charge in [0.15, 0.2) is 0 Å². The van der Waals surface area contributed by atoms with Crippen LogP contribution in [-0.4, -0.2) is 34.8 Å². The minimum Gasteiger partial charge on any atom is -0.444 e. The number of aryl methyl sites for hydroxylation is 1. The largest absolute Gasteiger partial charge is 0.444 e. The van der Waals surface area contributed by atoms with E-state index in [2.05, 4.69) is 0 Å². The lowest BCUT2D eigenvalue weighted by Gasteiger charge is -2.39. The van der Waals surface area contributed by atoms with Gasteiger partial charge >= 0.3 is 6.09 Å². The molecule has 0 bridgehead atoms.